The monoisotopic (exact) mass is 311 g/mol. The summed E-state index contributed by atoms with van der Waals surface area (Å²) in [6, 6.07) is 10.9. The molecule has 1 N–H and O–H groups in total. The molecule has 0 saturated carbocycles. The largest absolute Gasteiger partial charge is 0.355 e. The van der Waals surface area contributed by atoms with Crippen molar-refractivity contribution in [2.75, 3.05) is 0 Å². The van der Waals surface area contributed by atoms with E-state index >= 15 is 0 Å². The summed E-state index contributed by atoms with van der Waals surface area (Å²) in [5.41, 5.74) is 1.27. The van der Waals surface area contributed by atoms with E-state index in [0.29, 0.717) is 11.3 Å². The summed E-state index contributed by atoms with van der Waals surface area (Å²) < 4.78 is 18.9. The molecule has 0 radical (unpaired) electrons. The molecule has 0 fully saturated rings. The third kappa shape index (κ3) is 3.26. The Hall–Kier alpha value is -3.02. The van der Waals surface area contributed by atoms with Gasteiger partial charge in [0.25, 0.3) is 5.91 Å². The normalized spacial score (nSPS) is 11.9. The van der Waals surface area contributed by atoms with Crippen LogP contribution >= 0.6 is 0 Å². The highest BCUT2D eigenvalue weighted by Crippen LogP contribution is 2.20. The maximum atomic E-state index is 13.7. The highest BCUT2D eigenvalue weighted by molar-refractivity contribution is 5.93. The van der Waals surface area contributed by atoms with Crippen molar-refractivity contribution < 1.29 is 13.7 Å². The number of aromatic nitrogens is 2. The molecule has 0 aliphatic heterocycles. The van der Waals surface area contributed by atoms with Crippen molar-refractivity contribution in [3.05, 3.63) is 71.9 Å². The smallest absolute Gasteiger partial charge is 0.273 e. The van der Waals surface area contributed by atoms with E-state index in [1.165, 1.54) is 12.1 Å². The van der Waals surface area contributed by atoms with E-state index in [2.05, 4.69) is 15.5 Å². The number of amides is 1. The molecule has 3 rings (SSSR count). The van der Waals surface area contributed by atoms with E-state index in [1.54, 1.807) is 49.6 Å². The van der Waals surface area contributed by atoms with Gasteiger partial charge in [0.05, 0.1) is 6.04 Å². The van der Waals surface area contributed by atoms with Crippen molar-refractivity contribution >= 4 is 5.91 Å². The van der Waals surface area contributed by atoms with Crippen LogP contribution in [0.1, 0.15) is 29.0 Å². The van der Waals surface area contributed by atoms with Crippen LogP contribution in [-0.2, 0) is 0 Å². The maximum absolute atomic E-state index is 13.7. The van der Waals surface area contributed by atoms with Crippen LogP contribution in [0, 0.1) is 5.82 Å². The Bertz CT molecular complexity index is 817. The van der Waals surface area contributed by atoms with Crippen LogP contribution in [0.4, 0.5) is 4.39 Å². The minimum atomic E-state index is -0.484. The van der Waals surface area contributed by atoms with Crippen molar-refractivity contribution in [2.45, 2.75) is 13.0 Å². The van der Waals surface area contributed by atoms with Crippen LogP contribution in [0.3, 0.4) is 0 Å². The zero-order valence-corrected chi connectivity index (χ0v) is 12.4. The molecule has 5 nitrogen and oxygen atoms in total. The summed E-state index contributed by atoms with van der Waals surface area (Å²) in [7, 11) is 0. The number of hydrogen-bond acceptors (Lipinski definition) is 4. The number of nitrogens with one attached hydrogen (secondary N) is 1. The van der Waals surface area contributed by atoms with Gasteiger partial charge in [0.1, 0.15) is 5.82 Å². The van der Waals surface area contributed by atoms with Gasteiger partial charge in [-0.25, -0.2) is 4.39 Å². The molecule has 23 heavy (non-hydrogen) atoms. The Balaban J connectivity index is 1.74. The lowest BCUT2D eigenvalue weighted by Gasteiger charge is -2.13. The fourth-order valence-electron chi connectivity index (χ4n) is 2.20. The van der Waals surface area contributed by atoms with Gasteiger partial charge in [0.2, 0.25) is 0 Å². The Morgan fingerprint density at radius 3 is 2.83 bits per heavy atom. The third-order valence-corrected chi connectivity index (χ3v) is 3.41. The first-order valence-electron chi connectivity index (χ1n) is 7.07. The van der Waals surface area contributed by atoms with Gasteiger partial charge in [-0.1, -0.05) is 23.4 Å². The average Bonchev–Trinajstić information content (AvgIpc) is 3.06. The van der Waals surface area contributed by atoms with E-state index in [-0.39, 0.29) is 11.5 Å². The van der Waals surface area contributed by atoms with Crippen LogP contribution in [0.5, 0.6) is 0 Å². The second-order valence-electron chi connectivity index (χ2n) is 5.03. The van der Waals surface area contributed by atoms with E-state index in [1.807, 2.05) is 0 Å². The second-order valence-corrected chi connectivity index (χ2v) is 5.03. The van der Waals surface area contributed by atoms with Gasteiger partial charge in [-0.05, 0) is 25.1 Å². The van der Waals surface area contributed by atoms with Crippen LogP contribution in [0.25, 0.3) is 11.3 Å². The van der Waals surface area contributed by atoms with E-state index in [9.17, 15) is 9.18 Å². The molecule has 6 heteroatoms. The summed E-state index contributed by atoms with van der Waals surface area (Å²) in [5, 5.41) is 6.45. The standard InChI is InChI=1S/C17H14FN3O2/c1-11(13-6-2-3-7-14(13)18)20-17(22)15-9-16(23-21-15)12-5-4-8-19-10-12/h2-11H,1H3,(H,20,22). The molecule has 0 aliphatic rings. The molecular formula is C17H14FN3O2. The van der Waals surface area contributed by atoms with Crippen LogP contribution < -0.4 is 5.32 Å². The van der Waals surface area contributed by atoms with Crippen molar-refractivity contribution in [3.8, 4) is 11.3 Å². The minimum absolute atomic E-state index is 0.132. The summed E-state index contributed by atoms with van der Waals surface area (Å²) >= 11 is 0. The number of halogens is 1. The Morgan fingerprint density at radius 2 is 2.09 bits per heavy atom. The van der Waals surface area contributed by atoms with Crippen molar-refractivity contribution in [1.82, 2.24) is 15.5 Å². The van der Waals surface area contributed by atoms with Gasteiger partial charge in [-0.2, -0.15) is 0 Å². The van der Waals surface area contributed by atoms with Crippen LogP contribution in [0.2, 0.25) is 0 Å². The summed E-state index contributed by atoms with van der Waals surface area (Å²) in [4.78, 5) is 16.2. The molecule has 1 unspecified atom stereocenters. The highest BCUT2D eigenvalue weighted by atomic mass is 19.1. The van der Waals surface area contributed by atoms with Gasteiger partial charge in [-0.3, -0.25) is 9.78 Å². The van der Waals surface area contributed by atoms with Gasteiger partial charge < -0.3 is 9.84 Å². The second kappa shape index (κ2) is 6.39. The van der Waals surface area contributed by atoms with Crippen molar-refractivity contribution in [3.63, 3.8) is 0 Å². The predicted octanol–water partition coefficient (Wildman–Crippen LogP) is 3.37. The SMILES string of the molecule is CC(NC(=O)c1cc(-c2cccnc2)on1)c1ccccc1F. The van der Waals surface area contributed by atoms with Gasteiger partial charge in [-0.15, -0.1) is 0 Å². The number of carbonyl (C=O) groups excluding carboxylic acids is 1. The quantitative estimate of drug-likeness (QED) is 0.802. The average molecular weight is 311 g/mol. The fraction of sp³-hybridized carbons (Fsp3) is 0.118. The molecule has 1 atom stereocenters. The summed E-state index contributed by atoms with van der Waals surface area (Å²) in [6.07, 6.45) is 3.26. The Morgan fingerprint density at radius 1 is 1.26 bits per heavy atom. The van der Waals surface area contributed by atoms with E-state index in [0.717, 1.165) is 5.56 Å². The maximum Gasteiger partial charge on any atom is 0.273 e. The predicted molar refractivity (Wildman–Crippen MR) is 82.0 cm³/mol. The topological polar surface area (TPSA) is 68.0 Å². The molecule has 116 valence electrons. The molecule has 2 aromatic heterocycles. The first kappa shape index (κ1) is 14.9. The number of benzene rings is 1. The molecule has 1 aromatic carbocycles. The van der Waals surface area contributed by atoms with E-state index < -0.39 is 11.9 Å². The summed E-state index contributed by atoms with van der Waals surface area (Å²) in [5.74, 6) is -0.349. The molecule has 2 heterocycles. The molecule has 0 saturated heterocycles. The van der Waals surface area contributed by atoms with E-state index in [4.69, 9.17) is 4.52 Å². The highest BCUT2D eigenvalue weighted by Gasteiger charge is 2.18. The van der Waals surface area contributed by atoms with Gasteiger partial charge in [0, 0.05) is 29.6 Å². The number of carbonyl (C=O) groups is 1. The number of hydrogen-bond donors (Lipinski definition) is 1. The summed E-state index contributed by atoms with van der Waals surface area (Å²) in [6.45, 7) is 1.71. The lowest BCUT2D eigenvalue weighted by atomic mass is 10.1. The zero-order chi connectivity index (χ0) is 16.2. The first-order valence-corrected chi connectivity index (χ1v) is 7.07. The van der Waals surface area contributed by atoms with Gasteiger partial charge in [0.15, 0.2) is 11.5 Å². The van der Waals surface area contributed by atoms with Crippen LogP contribution in [0.15, 0.2) is 59.4 Å². The van der Waals surface area contributed by atoms with Crippen molar-refractivity contribution in [2.24, 2.45) is 0 Å². The third-order valence-electron chi connectivity index (χ3n) is 3.41. The molecule has 0 aliphatic carbocycles. The van der Waals surface area contributed by atoms with Crippen LogP contribution in [-0.4, -0.2) is 16.0 Å². The van der Waals surface area contributed by atoms with Crippen molar-refractivity contribution in [1.29, 1.82) is 0 Å². The lowest BCUT2D eigenvalue weighted by molar-refractivity contribution is 0.0930. The Labute approximate surface area is 132 Å². The fourth-order valence-corrected chi connectivity index (χ4v) is 2.20. The molecule has 1 amide bonds. The Kier molecular flexibility index (Phi) is 4.14. The lowest BCUT2D eigenvalue weighted by Crippen LogP contribution is -2.27. The van der Waals surface area contributed by atoms with Gasteiger partial charge >= 0.3 is 0 Å². The first-order chi connectivity index (χ1) is 11.1. The minimum Gasteiger partial charge on any atom is -0.355 e. The molecule has 0 spiro atoms. The number of nitrogens with zero attached hydrogens (tertiary/aromatic N) is 2. The molecule has 3 aromatic rings. The molecule has 0 bridgehead atoms. The number of pyridine rings is 1. The molecular weight excluding hydrogens is 297 g/mol. The zero-order valence-electron chi connectivity index (χ0n) is 12.4. The number of rotatable bonds is 4.